The molecule has 1 heterocycles. The van der Waals surface area contributed by atoms with Crippen LogP contribution in [0.5, 0.6) is 0 Å². The number of nitrogens with one attached hydrogen (secondary N) is 1. The predicted molar refractivity (Wildman–Crippen MR) is 132 cm³/mol. The van der Waals surface area contributed by atoms with Gasteiger partial charge in [-0.2, -0.15) is 0 Å². The molecule has 5 heteroatoms. The van der Waals surface area contributed by atoms with Crippen LogP contribution >= 0.6 is 0 Å². The Bertz CT molecular complexity index is 783. The van der Waals surface area contributed by atoms with Crippen molar-refractivity contribution in [2.24, 2.45) is 0 Å². The molecule has 5 nitrogen and oxygen atoms in total. The lowest BCUT2D eigenvalue weighted by Crippen LogP contribution is -2.30. The summed E-state index contributed by atoms with van der Waals surface area (Å²) in [6.07, 6.45) is 26.4. The van der Waals surface area contributed by atoms with Gasteiger partial charge in [-0.05, 0) is 33.1 Å². The summed E-state index contributed by atoms with van der Waals surface area (Å²) in [6, 6.07) is 0.0263. The first-order chi connectivity index (χ1) is 15.4. The first-order valence-electron chi connectivity index (χ1n) is 11.1. The molecule has 1 aliphatic heterocycles. The van der Waals surface area contributed by atoms with E-state index in [-0.39, 0.29) is 24.8 Å². The van der Waals surface area contributed by atoms with Crippen LogP contribution in [0.3, 0.4) is 0 Å². The Morgan fingerprint density at radius 3 is 2.22 bits per heavy atom. The molecule has 1 aliphatic rings. The van der Waals surface area contributed by atoms with Crippen LogP contribution in [0.15, 0.2) is 96.7 Å². The lowest BCUT2D eigenvalue weighted by atomic mass is 10.0. The molecular weight excluding hydrogens is 402 g/mol. The smallest absolute Gasteiger partial charge is 0.244 e. The number of rotatable bonds is 0. The average molecular weight is 440 g/mol. The highest BCUT2D eigenvalue weighted by Gasteiger charge is 2.13. The Kier molecular flexibility index (Phi) is 14.4. The van der Waals surface area contributed by atoms with Gasteiger partial charge in [-0.3, -0.25) is 4.79 Å². The van der Waals surface area contributed by atoms with Crippen molar-refractivity contribution in [3.8, 4) is 0 Å². The summed E-state index contributed by atoms with van der Waals surface area (Å²) in [5.74, 6) is -0.150. The van der Waals surface area contributed by atoms with Gasteiger partial charge < -0.3 is 20.6 Å². The van der Waals surface area contributed by atoms with Crippen LogP contribution in [0.4, 0.5) is 0 Å². The van der Waals surface area contributed by atoms with Crippen molar-refractivity contribution in [2.75, 3.05) is 0 Å². The molecule has 0 unspecified atom stereocenters. The summed E-state index contributed by atoms with van der Waals surface area (Å²) in [5.41, 5.74) is 1.05. The van der Waals surface area contributed by atoms with E-state index in [9.17, 15) is 20.1 Å². The second kappa shape index (κ2) is 16.9. The fraction of sp³-hybridized carbons (Fsp3) is 0.370. The maximum absolute atomic E-state index is 11.9. The van der Waals surface area contributed by atoms with Gasteiger partial charge in [0.2, 0.25) is 5.91 Å². The first-order valence-corrected chi connectivity index (χ1v) is 11.1. The molecule has 0 saturated heterocycles. The van der Waals surface area contributed by atoms with Crippen molar-refractivity contribution in [1.82, 2.24) is 5.32 Å². The van der Waals surface area contributed by atoms with E-state index < -0.39 is 18.3 Å². The Morgan fingerprint density at radius 1 is 0.781 bits per heavy atom. The highest BCUT2D eigenvalue weighted by molar-refractivity contribution is 5.87. The molecule has 4 atom stereocenters. The van der Waals surface area contributed by atoms with E-state index in [1.807, 2.05) is 56.4 Å². The summed E-state index contributed by atoms with van der Waals surface area (Å²) >= 11 is 0. The van der Waals surface area contributed by atoms with E-state index in [0.717, 1.165) is 12.0 Å². The van der Waals surface area contributed by atoms with Gasteiger partial charge in [-0.1, -0.05) is 90.6 Å². The van der Waals surface area contributed by atoms with Gasteiger partial charge in [-0.15, -0.1) is 0 Å². The van der Waals surface area contributed by atoms with Gasteiger partial charge in [0.1, 0.15) is 0 Å². The minimum Gasteiger partial charge on any atom is -0.393 e. The van der Waals surface area contributed by atoms with Crippen LogP contribution in [-0.4, -0.2) is 45.6 Å². The molecule has 0 aliphatic carbocycles. The topological polar surface area (TPSA) is 89.8 Å². The molecule has 4 N–H and O–H groups in total. The van der Waals surface area contributed by atoms with Gasteiger partial charge in [-0.25, -0.2) is 0 Å². The molecular formula is C27H37NO4. The number of carbonyl (C=O) groups is 1. The molecule has 32 heavy (non-hydrogen) atoms. The molecule has 0 radical (unpaired) electrons. The van der Waals surface area contributed by atoms with E-state index in [4.69, 9.17) is 0 Å². The molecule has 0 bridgehead atoms. The van der Waals surface area contributed by atoms with Gasteiger partial charge >= 0.3 is 0 Å². The van der Waals surface area contributed by atoms with E-state index >= 15 is 0 Å². The molecule has 0 spiro atoms. The molecule has 0 aromatic rings. The standard InChI is InChI=1S/C27H37NO4/c1-22-14-8-6-7-9-16-23(2)28-27(32)19-11-5-3-4-10-17-24(29)20-26(31)21-25(30)18-13-12-15-22/h3-15,18-19,23-26,29-31H,16-17,20-21H2,1-2H3,(H,28,32)/t23-,24+,25-,26+/m0/s1. The van der Waals surface area contributed by atoms with Crippen molar-refractivity contribution in [1.29, 1.82) is 0 Å². The Balaban J connectivity index is 2.79. The zero-order valence-electron chi connectivity index (χ0n) is 19.0. The normalized spacial score (nSPS) is 27.3. The number of aliphatic hydroxyl groups excluding tert-OH is 3. The number of hydrogen-bond acceptors (Lipinski definition) is 4. The van der Waals surface area contributed by atoms with Gasteiger partial charge in [0, 0.05) is 18.5 Å². The maximum Gasteiger partial charge on any atom is 0.244 e. The number of amides is 1. The Labute approximate surface area is 192 Å². The van der Waals surface area contributed by atoms with Gasteiger partial charge in [0.05, 0.1) is 18.3 Å². The lowest BCUT2D eigenvalue weighted by molar-refractivity contribution is -0.117. The Hall–Kier alpha value is -2.73. The fourth-order valence-corrected chi connectivity index (χ4v) is 2.89. The first kappa shape index (κ1) is 27.3. The molecule has 0 aromatic carbocycles. The summed E-state index contributed by atoms with van der Waals surface area (Å²) in [5, 5.41) is 33.0. The lowest BCUT2D eigenvalue weighted by Gasteiger charge is -2.16. The fourth-order valence-electron chi connectivity index (χ4n) is 2.89. The van der Waals surface area contributed by atoms with E-state index in [1.165, 1.54) is 6.08 Å². The summed E-state index contributed by atoms with van der Waals surface area (Å²) < 4.78 is 0. The molecule has 0 aromatic heterocycles. The highest BCUT2D eigenvalue weighted by atomic mass is 16.3. The number of aliphatic hydroxyl groups is 3. The van der Waals surface area contributed by atoms with Crippen LogP contribution in [0, 0.1) is 0 Å². The second-order valence-electron chi connectivity index (χ2n) is 7.87. The number of carbonyl (C=O) groups excluding carboxylic acids is 1. The second-order valence-corrected chi connectivity index (χ2v) is 7.87. The minimum atomic E-state index is -0.792. The molecule has 0 fully saturated rings. The van der Waals surface area contributed by atoms with E-state index in [1.54, 1.807) is 42.5 Å². The number of allylic oxidation sites excluding steroid dienone is 12. The molecule has 174 valence electrons. The molecule has 1 amide bonds. The summed E-state index contributed by atoms with van der Waals surface area (Å²) in [6.45, 7) is 3.93. The maximum atomic E-state index is 11.9. The van der Waals surface area contributed by atoms with Crippen molar-refractivity contribution in [3.63, 3.8) is 0 Å². The van der Waals surface area contributed by atoms with Crippen molar-refractivity contribution >= 4 is 5.91 Å². The monoisotopic (exact) mass is 439 g/mol. The third-order valence-corrected chi connectivity index (χ3v) is 4.58. The summed E-state index contributed by atoms with van der Waals surface area (Å²) in [7, 11) is 0. The zero-order valence-corrected chi connectivity index (χ0v) is 19.0. The molecule has 1 rings (SSSR count). The van der Waals surface area contributed by atoms with Crippen molar-refractivity contribution < 1.29 is 20.1 Å². The van der Waals surface area contributed by atoms with Crippen LogP contribution in [-0.2, 0) is 4.79 Å². The van der Waals surface area contributed by atoms with Crippen LogP contribution in [0.2, 0.25) is 0 Å². The van der Waals surface area contributed by atoms with Crippen molar-refractivity contribution in [3.05, 3.63) is 96.7 Å². The predicted octanol–water partition coefficient (Wildman–Crippen LogP) is 3.99. The third-order valence-electron chi connectivity index (χ3n) is 4.58. The Morgan fingerprint density at radius 2 is 1.44 bits per heavy atom. The minimum absolute atomic E-state index is 0.0263. The van der Waals surface area contributed by atoms with Gasteiger partial charge in [0.15, 0.2) is 0 Å². The van der Waals surface area contributed by atoms with Crippen LogP contribution < -0.4 is 5.32 Å². The van der Waals surface area contributed by atoms with Gasteiger partial charge in [0.25, 0.3) is 0 Å². The van der Waals surface area contributed by atoms with Crippen LogP contribution in [0.25, 0.3) is 0 Å². The van der Waals surface area contributed by atoms with Crippen LogP contribution in [0.1, 0.15) is 39.5 Å². The number of hydrogen-bond donors (Lipinski definition) is 4. The third kappa shape index (κ3) is 15.1. The highest BCUT2D eigenvalue weighted by Crippen LogP contribution is 2.10. The SMILES string of the molecule is CC1=CC=CC=CC[C@H](C)NC(=O)C=CC=CC=CC[C@@H](O)C[C@@H](O)C[C@@H](O)C=CC=C1. The quantitative estimate of drug-likeness (QED) is 0.459. The van der Waals surface area contributed by atoms with Crippen molar-refractivity contribution in [2.45, 2.75) is 63.9 Å². The molecule has 0 saturated carbocycles. The average Bonchev–Trinajstić information content (AvgIpc) is 2.72. The summed E-state index contributed by atoms with van der Waals surface area (Å²) in [4.78, 5) is 11.9. The largest absolute Gasteiger partial charge is 0.393 e. The van der Waals surface area contributed by atoms with E-state index in [2.05, 4.69) is 5.32 Å². The van der Waals surface area contributed by atoms with E-state index in [0.29, 0.717) is 6.42 Å². The zero-order chi connectivity index (χ0) is 23.6.